The molecule has 0 amide bonds. The molecule has 0 N–H and O–H groups in total. The quantitative estimate of drug-likeness (QED) is 0.525. The maximum Gasteiger partial charge on any atom is 0.162 e. The van der Waals surface area contributed by atoms with Crippen molar-refractivity contribution in [2.24, 2.45) is 7.05 Å². The van der Waals surface area contributed by atoms with Crippen LogP contribution < -0.4 is 5.32 Å². The zero-order valence-corrected chi connectivity index (χ0v) is 9.88. The third kappa shape index (κ3) is 1.88. The second-order valence-electron chi connectivity index (χ2n) is 4.34. The van der Waals surface area contributed by atoms with Gasteiger partial charge in [-0.15, -0.1) is 0 Å². The first-order valence-electron chi connectivity index (χ1n) is 4.37. The first-order chi connectivity index (χ1) is 5.84. The predicted molar refractivity (Wildman–Crippen MR) is 56.2 cm³/mol. The van der Waals surface area contributed by atoms with Crippen LogP contribution in [-0.4, -0.2) is 23.6 Å². The maximum absolute atomic E-state index is 11.3. The van der Waals surface area contributed by atoms with Crippen LogP contribution in [0.5, 0.6) is 0 Å². The summed E-state index contributed by atoms with van der Waals surface area (Å²) in [5, 5.41) is 5.27. The third-order valence-corrected chi connectivity index (χ3v) is 4.04. The van der Waals surface area contributed by atoms with Crippen molar-refractivity contribution in [1.82, 2.24) is 9.78 Å². The molecule has 0 bridgehead atoms. The summed E-state index contributed by atoms with van der Waals surface area (Å²) < 4.78 is 1.84. The fourth-order valence-electron chi connectivity index (χ4n) is 1.58. The Morgan fingerprint density at radius 1 is 1.46 bits per heavy atom. The van der Waals surface area contributed by atoms with E-state index in [1.807, 2.05) is 11.7 Å². The molecule has 0 aliphatic heterocycles. The van der Waals surface area contributed by atoms with Crippen LogP contribution in [0.4, 0.5) is 0 Å². The molecule has 1 heterocycles. The Labute approximate surface area is 79.8 Å². The fourth-order valence-corrected chi connectivity index (χ4v) is 3.66. The van der Waals surface area contributed by atoms with Gasteiger partial charge in [0.25, 0.3) is 0 Å². The van der Waals surface area contributed by atoms with E-state index in [0.29, 0.717) is 0 Å². The van der Waals surface area contributed by atoms with E-state index in [4.69, 9.17) is 0 Å². The molecule has 0 atom stereocenters. The van der Waals surface area contributed by atoms with Gasteiger partial charge in [-0.2, -0.15) is 5.10 Å². The van der Waals surface area contributed by atoms with Crippen LogP contribution in [0.1, 0.15) is 17.3 Å². The van der Waals surface area contributed by atoms with Crippen molar-refractivity contribution in [2.75, 3.05) is 0 Å². The highest BCUT2D eigenvalue weighted by Gasteiger charge is 2.26. The second-order valence-corrected chi connectivity index (χ2v) is 9.31. The van der Waals surface area contributed by atoms with E-state index in [1.54, 1.807) is 13.1 Å². The van der Waals surface area contributed by atoms with Crippen molar-refractivity contribution in [3.05, 3.63) is 11.8 Å². The van der Waals surface area contributed by atoms with Gasteiger partial charge in [-0.3, -0.25) is 9.48 Å². The molecular weight excluding hydrogens is 180 g/mol. The van der Waals surface area contributed by atoms with Crippen molar-refractivity contribution < 1.29 is 4.79 Å². The van der Waals surface area contributed by atoms with Gasteiger partial charge in [0.15, 0.2) is 5.78 Å². The Morgan fingerprint density at radius 2 is 2.00 bits per heavy atom. The molecule has 0 aliphatic carbocycles. The van der Waals surface area contributed by atoms with Crippen LogP contribution in [0.15, 0.2) is 6.20 Å². The largest absolute Gasteiger partial charge is 0.294 e. The average Bonchev–Trinajstić information content (AvgIpc) is 2.28. The summed E-state index contributed by atoms with van der Waals surface area (Å²) in [7, 11) is 0.449. The SMILES string of the molecule is CC(=O)c1cnn(C)c1[Si](C)(C)C. The molecule has 72 valence electrons. The zero-order chi connectivity index (χ0) is 10.2. The Bertz CT molecular complexity index is 336. The lowest BCUT2D eigenvalue weighted by molar-refractivity contribution is 0.101. The monoisotopic (exact) mass is 196 g/mol. The lowest BCUT2D eigenvalue weighted by Crippen LogP contribution is -2.45. The topological polar surface area (TPSA) is 34.9 Å². The van der Waals surface area contributed by atoms with Crippen molar-refractivity contribution in [1.29, 1.82) is 0 Å². The van der Waals surface area contributed by atoms with Gasteiger partial charge in [0, 0.05) is 12.4 Å². The fraction of sp³-hybridized carbons (Fsp3) is 0.556. The first-order valence-corrected chi connectivity index (χ1v) is 7.87. The van der Waals surface area contributed by atoms with Crippen molar-refractivity contribution >= 4 is 19.2 Å². The summed E-state index contributed by atoms with van der Waals surface area (Å²) in [6.07, 6.45) is 1.68. The number of hydrogen-bond acceptors (Lipinski definition) is 2. The summed E-state index contributed by atoms with van der Waals surface area (Å²) in [6, 6.07) is 0. The smallest absolute Gasteiger partial charge is 0.162 e. The molecule has 1 aromatic rings. The second kappa shape index (κ2) is 3.10. The van der Waals surface area contributed by atoms with E-state index >= 15 is 0 Å². The number of ketones is 1. The van der Waals surface area contributed by atoms with E-state index in [-0.39, 0.29) is 5.78 Å². The van der Waals surface area contributed by atoms with Crippen molar-refractivity contribution in [3.8, 4) is 0 Å². The minimum atomic E-state index is -1.45. The molecule has 13 heavy (non-hydrogen) atoms. The lowest BCUT2D eigenvalue weighted by atomic mass is 10.3. The lowest BCUT2D eigenvalue weighted by Gasteiger charge is -2.17. The van der Waals surface area contributed by atoms with Gasteiger partial charge in [0.2, 0.25) is 0 Å². The van der Waals surface area contributed by atoms with Gasteiger partial charge in [0.1, 0.15) is 8.07 Å². The molecule has 1 rings (SSSR count). The minimum absolute atomic E-state index is 0.116. The van der Waals surface area contributed by atoms with Crippen LogP contribution in [0.2, 0.25) is 19.6 Å². The number of hydrogen-bond donors (Lipinski definition) is 0. The van der Waals surface area contributed by atoms with Gasteiger partial charge < -0.3 is 0 Å². The molecule has 0 aromatic carbocycles. The van der Waals surface area contributed by atoms with Gasteiger partial charge >= 0.3 is 0 Å². The van der Waals surface area contributed by atoms with E-state index in [2.05, 4.69) is 24.7 Å². The third-order valence-electron chi connectivity index (χ3n) is 2.03. The molecule has 0 saturated carbocycles. The number of carbonyl (C=O) groups excluding carboxylic acids is 1. The van der Waals surface area contributed by atoms with E-state index in [1.165, 1.54) is 0 Å². The van der Waals surface area contributed by atoms with Gasteiger partial charge in [-0.25, -0.2) is 0 Å². The number of aromatic nitrogens is 2. The van der Waals surface area contributed by atoms with E-state index < -0.39 is 8.07 Å². The van der Waals surface area contributed by atoms with Gasteiger partial charge in [-0.1, -0.05) is 19.6 Å². The van der Waals surface area contributed by atoms with Crippen molar-refractivity contribution in [2.45, 2.75) is 26.6 Å². The molecule has 0 radical (unpaired) electrons. The number of aryl methyl sites for hydroxylation is 1. The van der Waals surface area contributed by atoms with Crippen LogP contribution in [0, 0.1) is 0 Å². The Hall–Kier alpha value is -0.903. The maximum atomic E-state index is 11.3. The molecule has 0 fully saturated rings. The van der Waals surface area contributed by atoms with Crippen molar-refractivity contribution in [3.63, 3.8) is 0 Å². The molecule has 1 aromatic heterocycles. The summed E-state index contributed by atoms with van der Waals surface area (Å²) >= 11 is 0. The Morgan fingerprint density at radius 3 is 2.31 bits per heavy atom. The van der Waals surface area contributed by atoms with Gasteiger partial charge in [-0.05, 0) is 6.92 Å². The highest BCUT2D eigenvalue weighted by Crippen LogP contribution is 2.06. The zero-order valence-electron chi connectivity index (χ0n) is 8.88. The molecule has 0 spiro atoms. The highest BCUT2D eigenvalue weighted by molar-refractivity contribution is 6.88. The molecule has 0 unspecified atom stereocenters. The van der Waals surface area contributed by atoms with Gasteiger partial charge in [0.05, 0.1) is 11.8 Å². The molecular formula is C9H16N2OSi. The molecule has 0 saturated heterocycles. The number of rotatable bonds is 2. The minimum Gasteiger partial charge on any atom is -0.294 e. The number of carbonyl (C=O) groups is 1. The predicted octanol–water partition coefficient (Wildman–Crippen LogP) is 1.17. The first kappa shape index (κ1) is 10.2. The summed E-state index contributed by atoms with van der Waals surface area (Å²) in [6.45, 7) is 8.25. The molecule has 0 aliphatic rings. The standard InChI is InChI=1S/C9H16N2OSi/c1-7(12)8-6-10-11(2)9(8)13(3,4)5/h6H,1-5H3. The summed E-state index contributed by atoms with van der Waals surface area (Å²) in [5.41, 5.74) is 0.793. The summed E-state index contributed by atoms with van der Waals surface area (Å²) in [5.74, 6) is 0.116. The Kier molecular flexibility index (Phi) is 2.43. The van der Waals surface area contributed by atoms with Crippen LogP contribution in [-0.2, 0) is 7.05 Å². The molecule has 4 heteroatoms. The Balaban J connectivity index is 3.33. The van der Waals surface area contributed by atoms with Crippen LogP contribution in [0.25, 0.3) is 0 Å². The highest BCUT2D eigenvalue weighted by atomic mass is 28.3. The molecule has 3 nitrogen and oxygen atoms in total. The van der Waals surface area contributed by atoms with Crippen LogP contribution in [0.3, 0.4) is 0 Å². The number of nitrogens with zero attached hydrogens (tertiary/aromatic N) is 2. The average molecular weight is 196 g/mol. The number of Topliss-reactive ketones (excluding diaryl/α,β-unsaturated/α-hetero) is 1. The summed E-state index contributed by atoms with van der Waals surface area (Å²) in [4.78, 5) is 11.3. The van der Waals surface area contributed by atoms with E-state index in [9.17, 15) is 4.79 Å². The van der Waals surface area contributed by atoms with Crippen LogP contribution >= 0.6 is 0 Å². The van der Waals surface area contributed by atoms with E-state index in [0.717, 1.165) is 10.9 Å². The normalized spacial score (nSPS) is 11.8.